The van der Waals surface area contributed by atoms with E-state index in [0.717, 1.165) is 13.0 Å². The molecule has 0 aliphatic carbocycles. The molecule has 0 saturated carbocycles. The molecule has 0 amide bonds. The second-order valence-corrected chi connectivity index (χ2v) is 9.66. The van der Waals surface area contributed by atoms with Crippen LogP contribution in [0.15, 0.2) is 53.4 Å². The van der Waals surface area contributed by atoms with Crippen LogP contribution in [0.3, 0.4) is 0 Å². The third-order valence-corrected chi connectivity index (χ3v) is 7.51. The molecule has 0 aromatic heterocycles. The zero-order valence-electron chi connectivity index (χ0n) is 17.3. The maximum absolute atomic E-state index is 12.7. The molecule has 0 bridgehead atoms. The Balaban J connectivity index is 1.49. The second kappa shape index (κ2) is 9.23. The molecule has 2 aromatic carbocycles. The number of methoxy groups -OCH3 is 1. The van der Waals surface area contributed by atoms with Crippen molar-refractivity contribution < 1.29 is 28.1 Å². The first-order valence-electron chi connectivity index (χ1n) is 10.3. The predicted octanol–water partition coefficient (Wildman–Crippen LogP) is 0.521. The standard InChI is InChI=1S/C22H28N2O6S/c1-29-17-6-8-18(9-7-17)31(27,28)23-12-19-21(22(26)20(14-25)30-19)24-11-10-15-4-2-3-5-16(15)13-24/h2-9,19-23,25-26H,10-14H2,1H3/t19-,20+,21+,22-/m1/s1. The van der Waals surface area contributed by atoms with E-state index in [0.29, 0.717) is 12.3 Å². The Labute approximate surface area is 182 Å². The van der Waals surface area contributed by atoms with Crippen LogP contribution >= 0.6 is 0 Å². The Morgan fingerprint density at radius 2 is 1.84 bits per heavy atom. The third kappa shape index (κ3) is 4.62. The van der Waals surface area contributed by atoms with Gasteiger partial charge in [-0.15, -0.1) is 0 Å². The van der Waals surface area contributed by atoms with Crippen molar-refractivity contribution in [3.05, 3.63) is 59.7 Å². The molecule has 0 unspecified atom stereocenters. The van der Waals surface area contributed by atoms with Gasteiger partial charge in [-0.1, -0.05) is 24.3 Å². The lowest BCUT2D eigenvalue weighted by Crippen LogP contribution is -2.52. The highest BCUT2D eigenvalue weighted by atomic mass is 32.2. The minimum atomic E-state index is -3.77. The van der Waals surface area contributed by atoms with Gasteiger partial charge in [0.2, 0.25) is 10.0 Å². The van der Waals surface area contributed by atoms with Gasteiger partial charge in [-0.2, -0.15) is 0 Å². The Morgan fingerprint density at radius 3 is 2.52 bits per heavy atom. The van der Waals surface area contributed by atoms with Crippen LogP contribution in [0.2, 0.25) is 0 Å². The highest BCUT2D eigenvalue weighted by Gasteiger charge is 2.47. The van der Waals surface area contributed by atoms with Gasteiger partial charge in [0.15, 0.2) is 0 Å². The summed E-state index contributed by atoms with van der Waals surface area (Å²) in [5.74, 6) is 0.567. The fourth-order valence-electron chi connectivity index (χ4n) is 4.40. The van der Waals surface area contributed by atoms with Gasteiger partial charge < -0.3 is 19.7 Å². The Kier molecular flexibility index (Phi) is 6.61. The second-order valence-electron chi connectivity index (χ2n) is 7.89. The van der Waals surface area contributed by atoms with Crippen molar-refractivity contribution in [2.75, 3.05) is 26.8 Å². The maximum atomic E-state index is 12.7. The van der Waals surface area contributed by atoms with Crippen LogP contribution in [-0.2, 0) is 27.7 Å². The van der Waals surface area contributed by atoms with Gasteiger partial charge in [0.05, 0.1) is 30.8 Å². The summed E-state index contributed by atoms with van der Waals surface area (Å²) >= 11 is 0. The minimum absolute atomic E-state index is 0.00919. The van der Waals surface area contributed by atoms with E-state index in [1.54, 1.807) is 12.1 Å². The smallest absolute Gasteiger partial charge is 0.240 e. The number of aliphatic hydroxyl groups is 2. The molecule has 2 aliphatic rings. The average Bonchev–Trinajstić information content (AvgIpc) is 3.12. The van der Waals surface area contributed by atoms with Gasteiger partial charge in [0.1, 0.15) is 18.0 Å². The van der Waals surface area contributed by atoms with E-state index >= 15 is 0 Å². The summed E-state index contributed by atoms with van der Waals surface area (Å²) in [5, 5.41) is 20.4. The summed E-state index contributed by atoms with van der Waals surface area (Å²) in [7, 11) is -2.25. The molecule has 168 valence electrons. The lowest BCUT2D eigenvalue weighted by Gasteiger charge is -2.37. The largest absolute Gasteiger partial charge is 0.497 e. The quantitative estimate of drug-likeness (QED) is 0.567. The van der Waals surface area contributed by atoms with Crippen molar-refractivity contribution in [3.8, 4) is 5.75 Å². The number of rotatable bonds is 7. The predicted molar refractivity (Wildman–Crippen MR) is 114 cm³/mol. The van der Waals surface area contributed by atoms with E-state index in [9.17, 15) is 18.6 Å². The molecule has 4 rings (SSSR count). The molecule has 2 heterocycles. The van der Waals surface area contributed by atoms with E-state index < -0.39 is 34.4 Å². The summed E-state index contributed by atoms with van der Waals surface area (Å²) in [5.41, 5.74) is 2.47. The van der Waals surface area contributed by atoms with Gasteiger partial charge in [-0.25, -0.2) is 13.1 Å². The number of hydrogen-bond acceptors (Lipinski definition) is 7. The van der Waals surface area contributed by atoms with Gasteiger partial charge in [-0.05, 0) is 41.8 Å². The van der Waals surface area contributed by atoms with Crippen LogP contribution in [-0.4, -0.2) is 74.7 Å². The van der Waals surface area contributed by atoms with Crippen molar-refractivity contribution in [3.63, 3.8) is 0 Å². The number of sulfonamides is 1. The van der Waals surface area contributed by atoms with Crippen LogP contribution in [0, 0.1) is 0 Å². The molecular formula is C22H28N2O6S. The van der Waals surface area contributed by atoms with Crippen molar-refractivity contribution in [2.45, 2.75) is 42.2 Å². The van der Waals surface area contributed by atoms with Gasteiger partial charge in [0.25, 0.3) is 0 Å². The monoisotopic (exact) mass is 448 g/mol. The topological polar surface area (TPSA) is 108 Å². The van der Waals surface area contributed by atoms with Gasteiger partial charge in [-0.3, -0.25) is 4.90 Å². The Hall–Kier alpha value is -2.01. The first-order valence-corrected chi connectivity index (χ1v) is 11.8. The zero-order valence-corrected chi connectivity index (χ0v) is 18.2. The molecule has 1 saturated heterocycles. The number of fused-ring (bicyclic) bond motifs is 1. The van der Waals surface area contributed by atoms with E-state index in [1.165, 1.54) is 30.4 Å². The zero-order chi connectivity index (χ0) is 22.0. The molecule has 3 N–H and O–H groups in total. The van der Waals surface area contributed by atoms with Crippen molar-refractivity contribution >= 4 is 10.0 Å². The fraction of sp³-hybridized carbons (Fsp3) is 0.455. The number of benzene rings is 2. The fourth-order valence-corrected chi connectivity index (χ4v) is 5.44. The van der Waals surface area contributed by atoms with Crippen LogP contribution in [0.5, 0.6) is 5.75 Å². The number of ether oxygens (including phenoxy) is 2. The first kappa shape index (κ1) is 22.2. The molecule has 4 atom stereocenters. The lowest BCUT2D eigenvalue weighted by molar-refractivity contribution is -0.0201. The van der Waals surface area contributed by atoms with Crippen LogP contribution in [0.25, 0.3) is 0 Å². The summed E-state index contributed by atoms with van der Waals surface area (Å²) < 4.78 is 39.0. The van der Waals surface area contributed by atoms with Crippen LogP contribution in [0.1, 0.15) is 11.1 Å². The SMILES string of the molecule is COc1ccc(S(=O)(=O)NC[C@H]2O[C@@H](CO)[C@@H](O)[C@H]2N2CCc3ccccc3C2)cc1. The third-order valence-electron chi connectivity index (χ3n) is 6.07. The molecular weight excluding hydrogens is 420 g/mol. The number of aliphatic hydroxyl groups excluding tert-OH is 2. The van der Waals surface area contributed by atoms with Crippen LogP contribution in [0.4, 0.5) is 0 Å². The molecule has 0 spiro atoms. The first-order chi connectivity index (χ1) is 14.9. The molecule has 2 aliphatic heterocycles. The van der Waals surface area contributed by atoms with E-state index in [4.69, 9.17) is 9.47 Å². The normalized spacial score (nSPS) is 26.5. The van der Waals surface area contributed by atoms with Gasteiger partial charge >= 0.3 is 0 Å². The van der Waals surface area contributed by atoms with E-state index in [2.05, 4.69) is 21.8 Å². The summed E-state index contributed by atoms with van der Waals surface area (Å²) in [4.78, 5) is 2.24. The summed E-state index contributed by atoms with van der Waals surface area (Å²) in [6.45, 7) is 1.03. The summed E-state index contributed by atoms with van der Waals surface area (Å²) in [6, 6.07) is 13.9. The average molecular weight is 449 g/mol. The van der Waals surface area contributed by atoms with E-state index in [-0.39, 0.29) is 18.0 Å². The molecule has 0 radical (unpaired) electrons. The Morgan fingerprint density at radius 1 is 1.13 bits per heavy atom. The van der Waals surface area contributed by atoms with Crippen LogP contribution < -0.4 is 9.46 Å². The highest BCUT2D eigenvalue weighted by Crippen LogP contribution is 2.30. The minimum Gasteiger partial charge on any atom is -0.497 e. The van der Waals surface area contributed by atoms with Crippen molar-refractivity contribution in [2.24, 2.45) is 0 Å². The number of hydrogen-bond donors (Lipinski definition) is 3. The van der Waals surface area contributed by atoms with Gasteiger partial charge in [0, 0.05) is 19.6 Å². The van der Waals surface area contributed by atoms with Crippen molar-refractivity contribution in [1.82, 2.24) is 9.62 Å². The molecule has 31 heavy (non-hydrogen) atoms. The molecule has 9 heteroatoms. The van der Waals surface area contributed by atoms with Crippen molar-refractivity contribution in [1.29, 1.82) is 0 Å². The molecule has 2 aromatic rings. The molecule has 8 nitrogen and oxygen atoms in total. The highest BCUT2D eigenvalue weighted by molar-refractivity contribution is 7.89. The number of nitrogens with zero attached hydrogens (tertiary/aromatic N) is 1. The Bertz CT molecular complexity index is 997. The summed E-state index contributed by atoms with van der Waals surface area (Å²) in [6.07, 6.45) is -1.41. The molecule has 1 fully saturated rings. The maximum Gasteiger partial charge on any atom is 0.240 e. The lowest BCUT2D eigenvalue weighted by atomic mass is 9.95. The van der Waals surface area contributed by atoms with E-state index in [1.807, 2.05) is 12.1 Å². The number of nitrogens with one attached hydrogen (secondary N) is 1.